The summed E-state index contributed by atoms with van der Waals surface area (Å²) in [6.07, 6.45) is 4.61. The van der Waals surface area contributed by atoms with E-state index in [0.717, 1.165) is 23.0 Å². The Hall–Kier alpha value is -0.410. The van der Waals surface area contributed by atoms with E-state index in [1.807, 2.05) is 6.20 Å². The van der Waals surface area contributed by atoms with E-state index in [1.165, 1.54) is 25.1 Å². The molecule has 1 heterocycles. The van der Waals surface area contributed by atoms with Crippen LogP contribution in [-0.2, 0) is 6.54 Å². The Kier molecular flexibility index (Phi) is 3.98. The first-order valence-electron chi connectivity index (χ1n) is 5.99. The number of rotatable bonds is 5. The third-order valence-corrected chi connectivity index (χ3v) is 3.29. The van der Waals surface area contributed by atoms with Crippen molar-refractivity contribution in [1.29, 1.82) is 0 Å². The molecule has 0 unspecified atom stereocenters. The Morgan fingerprint density at radius 3 is 2.69 bits per heavy atom. The third-order valence-electron chi connectivity index (χ3n) is 2.82. The van der Waals surface area contributed by atoms with Gasteiger partial charge in [-0.3, -0.25) is 9.88 Å². The maximum absolute atomic E-state index is 4.45. The summed E-state index contributed by atoms with van der Waals surface area (Å²) in [5.74, 6) is 0.732. The van der Waals surface area contributed by atoms with Crippen LogP contribution in [0.25, 0.3) is 0 Å². The average molecular weight is 283 g/mol. The number of halogens is 1. The van der Waals surface area contributed by atoms with Crippen LogP contribution in [0.4, 0.5) is 0 Å². The fraction of sp³-hybridized carbons (Fsp3) is 0.615. The zero-order chi connectivity index (χ0) is 11.5. The van der Waals surface area contributed by atoms with Crippen molar-refractivity contribution >= 4 is 15.9 Å². The molecule has 0 bridgehead atoms. The van der Waals surface area contributed by atoms with Gasteiger partial charge in [0, 0.05) is 29.8 Å². The van der Waals surface area contributed by atoms with Gasteiger partial charge in [-0.15, -0.1) is 0 Å². The standard InChI is InChI=1S/C13H19BrN2/c1-10(2)8-16(13-5-6-13)9-12-4-3-11(14)7-15-12/h3-4,7,10,13H,5-6,8-9H2,1-2H3. The molecule has 0 radical (unpaired) electrons. The van der Waals surface area contributed by atoms with Crippen molar-refractivity contribution in [2.45, 2.75) is 39.3 Å². The molecule has 0 spiro atoms. The highest BCUT2D eigenvalue weighted by atomic mass is 79.9. The van der Waals surface area contributed by atoms with E-state index < -0.39 is 0 Å². The van der Waals surface area contributed by atoms with Crippen LogP contribution in [0.3, 0.4) is 0 Å². The van der Waals surface area contributed by atoms with Crippen molar-refractivity contribution in [3.63, 3.8) is 0 Å². The first-order valence-corrected chi connectivity index (χ1v) is 6.79. The predicted octanol–water partition coefficient (Wildman–Crippen LogP) is 3.46. The van der Waals surface area contributed by atoms with Gasteiger partial charge in [0.1, 0.15) is 0 Å². The highest BCUT2D eigenvalue weighted by Crippen LogP contribution is 2.28. The summed E-state index contributed by atoms with van der Waals surface area (Å²) >= 11 is 3.42. The molecule has 0 saturated heterocycles. The molecule has 1 aliphatic rings. The van der Waals surface area contributed by atoms with Crippen molar-refractivity contribution in [2.75, 3.05) is 6.54 Å². The first kappa shape index (κ1) is 12.1. The van der Waals surface area contributed by atoms with Gasteiger partial charge in [0.2, 0.25) is 0 Å². The summed E-state index contributed by atoms with van der Waals surface area (Å²) in [5.41, 5.74) is 1.18. The number of pyridine rings is 1. The summed E-state index contributed by atoms with van der Waals surface area (Å²) in [6, 6.07) is 5.00. The van der Waals surface area contributed by atoms with Crippen LogP contribution < -0.4 is 0 Å². The average Bonchev–Trinajstić information content (AvgIpc) is 3.03. The summed E-state index contributed by atoms with van der Waals surface area (Å²) in [4.78, 5) is 7.02. The van der Waals surface area contributed by atoms with Gasteiger partial charge in [0.25, 0.3) is 0 Å². The van der Waals surface area contributed by atoms with Crippen molar-refractivity contribution < 1.29 is 0 Å². The van der Waals surface area contributed by atoms with Crippen LogP contribution >= 0.6 is 15.9 Å². The smallest absolute Gasteiger partial charge is 0.0544 e. The number of hydrogen-bond acceptors (Lipinski definition) is 2. The van der Waals surface area contributed by atoms with E-state index in [0.29, 0.717) is 0 Å². The highest BCUT2D eigenvalue weighted by molar-refractivity contribution is 9.10. The summed E-state index contributed by atoms with van der Waals surface area (Å²) in [5, 5.41) is 0. The van der Waals surface area contributed by atoms with Crippen molar-refractivity contribution in [3.8, 4) is 0 Å². The molecule has 2 rings (SSSR count). The Morgan fingerprint density at radius 1 is 1.44 bits per heavy atom. The molecule has 0 aromatic carbocycles. The summed E-state index contributed by atoms with van der Waals surface area (Å²) in [6.45, 7) is 6.74. The number of nitrogens with zero attached hydrogens (tertiary/aromatic N) is 2. The van der Waals surface area contributed by atoms with E-state index in [4.69, 9.17) is 0 Å². The topological polar surface area (TPSA) is 16.1 Å². The van der Waals surface area contributed by atoms with Gasteiger partial charge >= 0.3 is 0 Å². The largest absolute Gasteiger partial charge is 0.294 e. The predicted molar refractivity (Wildman–Crippen MR) is 70.2 cm³/mol. The summed E-state index contributed by atoms with van der Waals surface area (Å²) in [7, 11) is 0. The minimum atomic E-state index is 0.732. The lowest BCUT2D eigenvalue weighted by atomic mass is 10.2. The van der Waals surface area contributed by atoms with E-state index in [-0.39, 0.29) is 0 Å². The lowest BCUT2D eigenvalue weighted by Gasteiger charge is -2.23. The number of aromatic nitrogens is 1. The molecule has 16 heavy (non-hydrogen) atoms. The molecule has 0 atom stereocenters. The highest BCUT2D eigenvalue weighted by Gasteiger charge is 2.29. The van der Waals surface area contributed by atoms with Crippen molar-refractivity contribution in [1.82, 2.24) is 9.88 Å². The second-order valence-electron chi connectivity index (χ2n) is 5.02. The van der Waals surface area contributed by atoms with Gasteiger partial charge in [-0.2, -0.15) is 0 Å². The van der Waals surface area contributed by atoms with Crippen LogP contribution in [0.1, 0.15) is 32.4 Å². The molecule has 1 aliphatic carbocycles. The first-order chi connectivity index (χ1) is 7.65. The van der Waals surface area contributed by atoms with Gasteiger partial charge in [0.05, 0.1) is 5.69 Å². The molecule has 0 amide bonds. The van der Waals surface area contributed by atoms with Crippen molar-refractivity contribution in [3.05, 3.63) is 28.5 Å². The Morgan fingerprint density at radius 2 is 2.19 bits per heavy atom. The second-order valence-corrected chi connectivity index (χ2v) is 5.94. The maximum Gasteiger partial charge on any atom is 0.0544 e. The molecule has 1 saturated carbocycles. The van der Waals surface area contributed by atoms with Gasteiger partial charge in [-0.1, -0.05) is 13.8 Å². The monoisotopic (exact) mass is 282 g/mol. The normalized spacial score (nSPS) is 16.1. The molecule has 3 heteroatoms. The van der Waals surface area contributed by atoms with Gasteiger partial charge < -0.3 is 0 Å². The van der Waals surface area contributed by atoms with Gasteiger partial charge in [0.15, 0.2) is 0 Å². The minimum absolute atomic E-state index is 0.732. The third kappa shape index (κ3) is 3.56. The molecule has 1 fully saturated rings. The molecule has 1 aromatic heterocycles. The molecule has 1 aromatic rings. The van der Waals surface area contributed by atoms with Crippen LogP contribution in [0.2, 0.25) is 0 Å². The van der Waals surface area contributed by atoms with Crippen LogP contribution in [0.5, 0.6) is 0 Å². The zero-order valence-electron chi connectivity index (χ0n) is 9.99. The van der Waals surface area contributed by atoms with E-state index in [9.17, 15) is 0 Å². The fourth-order valence-corrected chi connectivity index (χ4v) is 2.19. The van der Waals surface area contributed by atoms with Crippen LogP contribution in [0.15, 0.2) is 22.8 Å². The molecule has 0 aliphatic heterocycles. The molecule has 88 valence electrons. The molecular formula is C13H19BrN2. The quantitative estimate of drug-likeness (QED) is 0.822. The number of hydrogen-bond donors (Lipinski definition) is 0. The minimum Gasteiger partial charge on any atom is -0.294 e. The van der Waals surface area contributed by atoms with Gasteiger partial charge in [-0.05, 0) is 46.8 Å². The lowest BCUT2D eigenvalue weighted by Crippen LogP contribution is -2.29. The second kappa shape index (κ2) is 5.28. The van der Waals surface area contributed by atoms with E-state index in [1.54, 1.807) is 0 Å². The lowest BCUT2D eigenvalue weighted by molar-refractivity contribution is 0.223. The SMILES string of the molecule is CC(C)CN(Cc1ccc(Br)cn1)C1CC1. The zero-order valence-corrected chi connectivity index (χ0v) is 11.6. The summed E-state index contributed by atoms with van der Waals surface area (Å²) < 4.78 is 1.05. The Balaban J connectivity index is 1.96. The van der Waals surface area contributed by atoms with Gasteiger partial charge in [-0.25, -0.2) is 0 Å². The van der Waals surface area contributed by atoms with E-state index >= 15 is 0 Å². The maximum atomic E-state index is 4.45. The molecule has 2 nitrogen and oxygen atoms in total. The molecular weight excluding hydrogens is 264 g/mol. The Bertz CT molecular complexity index is 330. The van der Waals surface area contributed by atoms with E-state index in [2.05, 4.69) is 51.8 Å². The van der Waals surface area contributed by atoms with Crippen LogP contribution in [0, 0.1) is 5.92 Å². The molecule has 0 N–H and O–H groups in total. The fourth-order valence-electron chi connectivity index (χ4n) is 1.96. The van der Waals surface area contributed by atoms with Crippen molar-refractivity contribution in [2.24, 2.45) is 5.92 Å². The van der Waals surface area contributed by atoms with Crippen LogP contribution in [-0.4, -0.2) is 22.5 Å². The Labute approximate surface area is 106 Å².